The normalized spacial score (nSPS) is 18.9. The number of nitrogens with zero attached hydrogens (tertiary/aromatic N) is 3. The molecule has 0 bridgehead atoms. The summed E-state index contributed by atoms with van der Waals surface area (Å²) in [4.78, 5) is 9.21. The molecule has 0 amide bonds. The molecule has 2 heterocycles. The van der Waals surface area contributed by atoms with Gasteiger partial charge in [-0.1, -0.05) is 24.3 Å². The Bertz CT molecular complexity index is 615. The van der Waals surface area contributed by atoms with Crippen LogP contribution in [0.3, 0.4) is 0 Å². The topological polar surface area (TPSA) is 45.4 Å². The average Bonchev–Trinajstić information content (AvgIpc) is 3.04. The number of benzene rings is 1. The highest BCUT2D eigenvalue weighted by molar-refractivity contribution is 5.85. The van der Waals surface area contributed by atoms with Gasteiger partial charge in [0.15, 0.2) is 0 Å². The summed E-state index contributed by atoms with van der Waals surface area (Å²) >= 11 is 0. The summed E-state index contributed by atoms with van der Waals surface area (Å²) < 4.78 is 0. The summed E-state index contributed by atoms with van der Waals surface area (Å²) in [6, 6.07) is 14.9. The van der Waals surface area contributed by atoms with Gasteiger partial charge in [-0.3, -0.25) is 4.90 Å². The van der Waals surface area contributed by atoms with Crippen molar-refractivity contribution in [2.24, 2.45) is 11.7 Å². The van der Waals surface area contributed by atoms with Crippen LogP contribution in [0.1, 0.15) is 18.9 Å². The number of anilines is 2. The van der Waals surface area contributed by atoms with E-state index in [1.807, 2.05) is 31.4 Å². The Morgan fingerprint density at radius 3 is 2.58 bits per heavy atom. The number of likely N-dealkylation sites (tertiary alicyclic amines) is 1. The highest BCUT2D eigenvalue weighted by Crippen LogP contribution is 2.23. The van der Waals surface area contributed by atoms with Gasteiger partial charge in [-0.25, -0.2) is 4.98 Å². The van der Waals surface area contributed by atoms with Crippen LogP contribution in [0.4, 0.5) is 11.5 Å². The lowest BCUT2D eigenvalue weighted by Gasteiger charge is -2.20. The Morgan fingerprint density at radius 1 is 1.25 bits per heavy atom. The lowest BCUT2D eigenvalue weighted by molar-refractivity contribution is 0.308. The SMILES string of the molecule is CC(N)C1CCN(Cc2ccc(N(C)c3ccccc3)nc2)C1.Cl. The Labute approximate surface area is 151 Å². The van der Waals surface area contributed by atoms with Gasteiger partial charge in [0.25, 0.3) is 0 Å². The molecule has 2 unspecified atom stereocenters. The Balaban J connectivity index is 0.00000208. The van der Waals surface area contributed by atoms with Crippen LogP contribution in [0, 0.1) is 5.92 Å². The molecule has 2 N–H and O–H groups in total. The molecular formula is C19H27ClN4. The van der Waals surface area contributed by atoms with Gasteiger partial charge in [0.2, 0.25) is 0 Å². The van der Waals surface area contributed by atoms with E-state index in [9.17, 15) is 0 Å². The van der Waals surface area contributed by atoms with Gasteiger partial charge in [0.05, 0.1) is 0 Å². The third-order valence-corrected chi connectivity index (χ3v) is 4.75. The van der Waals surface area contributed by atoms with E-state index in [-0.39, 0.29) is 12.4 Å². The molecule has 3 rings (SSSR count). The Hall–Kier alpha value is -1.62. The average molecular weight is 347 g/mol. The maximum atomic E-state index is 6.02. The lowest BCUT2D eigenvalue weighted by Crippen LogP contribution is -2.29. The molecule has 1 saturated heterocycles. The van der Waals surface area contributed by atoms with E-state index in [1.54, 1.807) is 0 Å². The fraction of sp³-hybridized carbons (Fsp3) is 0.421. The van der Waals surface area contributed by atoms with Crippen molar-refractivity contribution in [2.45, 2.75) is 25.9 Å². The minimum atomic E-state index is 0. The van der Waals surface area contributed by atoms with Crippen molar-refractivity contribution in [2.75, 3.05) is 25.0 Å². The number of pyridine rings is 1. The summed E-state index contributed by atoms with van der Waals surface area (Å²) in [5.41, 5.74) is 8.43. The number of nitrogens with two attached hydrogens (primary N) is 1. The van der Waals surface area contributed by atoms with E-state index in [0.717, 1.165) is 31.1 Å². The van der Waals surface area contributed by atoms with E-state index < -0.39 is 0 Å². The quantitative estimate of drug-likeness (QED) is 0.900. The second kappa shape index (κ2) is 8.47. The molecular weight excluding hydrogens is 320 g/mol. The zero-order valence-electron chi connectivity index (χ0n) is 14.4. The third kappa shape index (κ3) is 4.47. The van der Waals surface area contributed by atoms with E-state index in [4.69, 9.17) is 5.73 Å². The van der Waals surface area contributed by atoms with Crippen LogP contribution in [0.25, 0.3) is 0 Å². The van der Waals surface area contributed by atoms with Crippen molar-refractivity contribution in [3.8, 4) is 0 Å². The second-order valence-electron chi connectivity index (χ2n) is 6.56. The van der Waals surface area contributed by atoms with Gasteiger partial charge in [0.1, 0.15) is 5.82 Å². The maximum Gasteiger partial charge on any atom is 0.132 e. The number of halogens is 1. The van der Waals surface area contributed by atoms with Gasteiger partial charge in [0, 0.05) is 38.1 Å². The van der Waals surface area contributed by atoms with Crippen LogP contribution in [-0.2, 0) is 6.54 Å². The summed E-state index contributed by atoms with van der Waals surface area (Å²) in [5, 5.41) is 0. The zero-order chi connectivity index (χ0) is 16.2. The highest BCUT2D eigenvalue weighted by Gasteiger charge is 2.25. The highest BCUT2D eigenvalue weighted by atomic mass is 35.5. The number of hydrogen-bond acceptors (Lipinski definition) is 4. The van der Waals surface area contributed by atoms with Gasteiger partial charge < -0.3 is 10.6 Å². The third-order valence-electron chi connectivity index (χ3n) is 4.75. The number of para-hydroxylation sites is 1. The van der Waals surface area contributed by atoms with Crippen LogP contribution in [0.5, 0.6) is 0 Å². The number of rotatable bonds is 5. The van der Waals surface area contributed by atoms with Gasteiger partial charge >= 0.3 is 0 Å². The zero-order valence-corrected chi connectivity index (χ0v) is 15.2. The van der Waals surface area contributed by atoms with Crippen molar-refractivity contribution >= 4 is 23.9 Å². The molecule has 1 aliphatic rings. The summed E-state index contributed by atoms with van der Waals surface area (Å²) in [6.07, 6.45) is 3.20. The minimum absolute atomic E-state index is 0. The molecule has 5 heteroatoms. The fourth-order valence-corrected chi connectivity index (χ4v) is 3.19. The summed E-state index contributed by atoms with van der Waals surface area (Å²) in [6.45, 7) is 5.32. The molecule has 1 aromatic carbocycles. The predicted octanol–water partition coefficient (Wildman–Crippen LogP) is 3.44. The molecule has 0 spiro atoms. The maximum absolute atomic E-state index is 6.02. The van der Waals surface area contributed by atoms with Crippen LogP contribution < -0.4 is 10.6 Å². The van der Waals surface area contributed by atoms with Crippen molar-refractivity contribution in [3.63, 3.8) is 0 Å². The standard InChI is InChI=1S/C19H26N4.ClH/c1-15(20)17-10-11-23(14-17)13-16-8-9-19(21-12-16)22(2)18-6-4-3-5-7-18;/h3-9,12,15,17H,10-11,13-14,20H2,1-2H3;1H. The molecule has 130 valence electrons. The molecule has 4 nitrogen and oxygen atoms in total. The Kier molecular flexibility index (Phi) is 6.60. The van der Waals surface area contributed by atoms with E-state index >= 15 is 0 Å². The van der Waals surface area contributed by atoms with Crippen molar-refractivity contribution in [1.29, 1.82) is 0 Å². The fourth-order valence-electron chi connectivity index (χ4n) is 3.19. The minimum Gasteiger partial charge on any atom is -0.329 e. The van der Waals surface area contributed by atoms with E-state index in [2.05, 4.69) is 46.0 Å². The van der Waals surface area contributed by atoms with Crippen molar-refractivity contribution in [3.05, 3.63) is 54.2 Å². The molecule has 1 fully saturated rings. The van der Waals surface area contributed by atoms with Crippen LogP contribution in [0.15, 0.2) is 48.7 Å². The second-order valence-corrected chi connectivity index (χ2v) is 6.56. The first kappa shape index (κ1) is 18.7. The molecule has 1 aliphatic heterocycles. The van der Waals surface area contributed by atoms with E-state index in [0.29, 0.717) is 12.0 Å². The van der Waals surface area contributed by atoms with E-state index in [1.165, 1.54) is 12.0 Å². The molecule has 1 aromatic heterocycles. The first-order valence-electron chi connectivity index (χ1n) is 8.35. The van der Waals surface area contributed by atoms with Crippen LogP contribution in [-0.4, -0.2) is 36.1 Å². The lowest BCUT2D eigenvalue weighted by atomic mass is 10.0. The van der Waals surface area contributed by atoms with Crippen LogP contribution >= 0.6 is 12.4 Å². The molecule has 0 radical (unpaired) electrons. The number of hydrogen-bond donors (Lipinski definition) is 1. The van der Waals surface area contributed by atoms with Gasteiger partial charge in [-0.05, 0) is 49.6 Å². The van der Waals surface area contributed by atoms with Gasteiger partial charge in [-0.15, -0.1) is 12.4 Å². The van der Waals surface area contributed by atoms with Gasteiger partial charge in [-0.2, -0.15) is 0 Å². The van der Waals surface area contributed by atoms with Crippen molar-refractivity contribution in [1.82, 2.24) is 9.88 Å². The molecule has 2 aromatic rings. The molecule has 0 saturated carbocycles. The number of aromatic nitrogens is 1. The first-order valence-corrected chi connectivity index (χ1v) is 8.35. The molecule has 2 atom stereocenters. The molecule has 24 heavy (non-hydrogen) atoms. The largest absolute Gasteiger partial charge is 0.329 e. The monoisotopic (exact) mass is 346 g/mol. The predicted molar refractivity (Wildman–Crippen MR) is 103 cm³/mol. The Morgan fingerprint density at radius 2 is 2.00 bits per heavy atom. The summed E-state index contributed by atoms with van der Waals surface area (Å²) in [7, 11) is 2.05. The van der Waals surface area contributed by atoms with Crippen molar-refractivity contribution < 1.29 is 0 Å². The summed E-state index contributed by atoms with van der Waals surface area (Å²) in [5.74, 6) is 1.60. The van der Waals surface area contributed by atoms with Crippen LogP contribution in [0.2, 0.25) is 0 Å². The first-order chi connectivity index (χ1) is 11.1. The smallest absolute Gasteiger partial charge is 0.132 e. The molecule has 0 aliphatic carbocycles.